The Morgan fingerprint density at radius 3 is 2.87 bits per heavy atom. The van der Waals surface area contributed by atoms with Crippen LogP contribution >= 0.6 is 11.6 Å². The van der Waals surface area contributed by atoms with Crippen molar-refractivity contribution in [1.29, 1.82) is 0 Å². The normalized spacial score (nSPS) is 23.0. The number of benzene rings is 1. The second-order valence-electron chi connectivity index (χ2n) is 3.85. The average molecular weight is 226 g/mol. The van der Waals surface area contributed by atoms with Gasteiger partial charge in [0.2, 0.25) is 5.79 Å². The molecule has 1 spiro atoms. The van der Waals surface area contributed by atoms with Gasteiger partial charge < -0.3 is 14.8 Å². The van der Waals surface area contributed by atoms with Crippen LogP contribution in [0, 0.1) is 0 Å². The van der Waals surface area contributed by atoms with Gasteiger partial charge in [-0.15, -0.1) is 0 Å². The fourth-order valence-corrected chi connectivity index (χ4v) is 2.44. The number of fused-ring (bicyclic) bond motifs is 2. The van der Waals surface area contributed by atoms with Gasteiger partial charge in [-0.3, -0.25) is 0 Å². The van der Waals surface area contributed by atoms with Gasteiger partial charge in [-0.2, -0.15) is 0 Å². The van der Waals surface area contributed by atoms with E-state index in [4.69, 9.17) is 21.1 Å². The molecule has 0 radical (unpaired) electrons. The van der Waals surface area contributed by atoms with Crippen LogP contribution in [0.4, 0.5) is 0 Å². The Morgan fingerprint density at radius 2 is 2.07 bits per heavy atom. The first-order chi connectivity index (χ1) is 7.30. The predicted molar refractivity (Wildman–Crippen MR) is 56.7 cm³/mol. The molecular weight excluding hydrogens is 214 g/mol. The van der Waals surface area contributed by atoms with E-state index in [1.54, 1.807) is 0 Å². The van der Waals surface area contributed by atoms with E-state index in [0.717, 1.165) is 22.7 Å². The zero-order chi connectivity index (χ0) is 10.3. The van der Waals surface area contributed by atoms with Gasteiger partial charge in [-0.25, -0.2) is 0 Å². The molecule has 1 saturated heterocycles. The van der Waals surface area contributed by atoms with Gasteiger partial charge in [0.15, 0.2) is 0 Å². The minimum absolute atomic E-state index is 0.571. The van der Waals surface area contributed by atoms with Crippen molar-refractivity contribution in [3.8, 4) is 0 Å². The quantitative estimate of drug-likeness (QED) is 0.728. The molecule has 0 bridgehead atoms. The van der Waals surface area contributed by atoms with Crippen molar-refractivity contribution < 1.29 is 9.47 Å². The number of halogens is 1. The highest BCUT2D eigenvalue weighted by molar-refractivity contribution is 6.30. The molecule has 0 aliphatic carbocycles. The Kier molecular flexibility index (Phi) is 2.21. The molecular formula is C11H12ClNO2. The standard InChI is InChI=1S/C11H12ClNO2/c12-9-1-2-10-8(5-9)6-13-7-11(10)14-3-4-15-11/h1-2,5,13H,3-4,6-7H2. The summed E-state index contributed by atoms with van der Waals surface area (Å²) in [6.07, 6.45) is 0. The Hall–Kier alpha value is -0.610. The Labute approximate surface area is 93.3 Å². The SMILES string of the molecule is Clc1ccc2c(c1)CNCC21OCCO1. The van der Waals surface area contributed by atoms with Gasteiger partial charge in [-0.05, 0) is 17.7 Å². The van der Waals surface area contributed by atoms with Gasteiger partial charge in [0.05, 0.1) is 19.8 Å². The Morgan fingerprint density at radius 1 is 1.27 bits per heavy atom. The molecule has 1 fully saturated rings. The minimum atomic E-state index is -0.571. The molecule has 80 valence electrons. The lowest BCUT2D eigenvalue weighted by atomic mass is 9.95. The zero-order valence-electron chi connectivity index (χ0n) is 8.25. The maximum Gasteiger partial charge on any atom is 0.208 e. The summed E-state index contributed by atoms with van der Waals surface area (Å²) in [4.78, 5) is 0. The molecule has 1 N–H and O–H groups in total. The van der Waals surface area contributed by atoms with Gasteiger partial charge in [-0.1, -0.05) is 17.7 Å². The molecule has 0 unspecified atom stereocenters. The largest absolute Gasteiger partial charge is 0.342 e. The summed E-state index contributed by atoms with van der Waals surface area (Å²) in [6, 6.07) is 5.86. The van der Waals surface area contributed by atoms with Crippen LogP contribution in [0.1, 0.15) is 11.1 Å². The smallest absolute Gasteiger partial charge is 0.208 e. The fourth-order valence-electron chi connectivity index (χ4n) is 2.25. The summed E-state index contributed by atoms with van der Waals surface area (Å²) in [7, 11) is 0. The monoisotopic (exact) mass is 225 g/mol. The summed E-state index contributed by atoms with van der Waals surface area (Å²) in [5.41, 5.74) is 2.28. The number of ether oxygens (including phenoxy) is 2. The highest BCUT2D eigenvalue weighted by atomic mass is 35.5. The van der Waals surface area contributed by atoms with Gasteiger partial charge in [0.1, 0.15) is 0 Å². The van der Waals surface area contributed by atoms with E-state index in [1.807, 2.05) is 18.2 Å². The summed E-state index contributed by atoms with van der Waals surface area (Å²) < 4.78 is 11.4. The number of nitrogens with one attached hydrogen (secondary N) is 1. The van der Waals surface area contributed by atoms with Crippen LogP contribution in [-0.2, 0) is 21.8 Å². The molecule has 3 nitrogen and oxygen atoms in total. The summed E-state index contributed by atoms with van der Waals surface area (Å²) >= 11 is 5.96. The van der Waals surface area contributed by atoms with Crippen molar-refractivity contribution in [2.45, 2.75) is 12.3 Å². The minimum Gasteiger partial charge on any atom is -0.342 e. The van der Waals surface area contributed by atoms with Crippen molar-refractivity contribution in [2.24, 2.45) is 0 Å². The van der Waals surface area contributed by atoms with Crippen LogP contribution in [0.3, 0.4) is 0 Å². The van der Waals surface area contributed by atoms with Gasteiger partial charge in [0.25, 0.3) is 0 Å². The van der Waals surface area contributed by atoms with Crippen molar-refractivity contribution in [1.82, 2.24) is 5.32 Å². The lowest BCUT2D eigenvalue weighted by Gasteiger charge is -2.34. The third-order valence-corrected chi connectivity index (χ3v) is 3.14. The highest BCUT2D eigenvalue weighted by Crippen LogP contribution is 2.36. The first-order valence-electron chi connectivity index (χ1n) is 5.08. The van der Waals surface area contributed by atoms with Crippen LogP contribution in [-0.4, -0.2) is 19.8 Å². The van der Waals surface area contributed by atoms with E-state index < -0.39 is 5.79 Å². The lowest BCUT2D eigenvalue weighted by Crippen LogP contribution is -2.44. The van der Waals surface area contributed by atoms with Crippen molar-refractivity contribution >= 4 is 11.6 Å². The van der Waals surface area contributed by atoms with Crippen LogP contribution in [0.2, 0.25) is 5.02 Å². The van der Waals surface area contributed by atoms with Crippen LogP contribution < -0.4 is 5.32 Å². The van der Waals surface area contributed by atoms with Crippen molar-refractivity contribution in [3.05, 3.63) is 34.3 Å². The molecule has 2 heterocycles. The first-order valence-corrected chi connectivity index (χ1v) is 5.45. The Bertz CT molecular complexity index is 388. The third kappa shape index (κ3) is 1.47. The molecule has 0 saturated carbocycles. The van der Waals surface area contributed by atoms with Crippen molar-refractivity contribution in [3.63, 3.8) is 0 Å². The van der Waals surface area contributed by atoms with Crippen molar-refractivity contribution in [2.75, 3.05) is 19.8 Å². The molecule has 0 amide bonds. The topological polar surface area (TPSA) is 30.5 Å². The molecule has 15 heavy (non-hydrogen) atoms. The number of hydrogen-bond acceptors (Lipinski definition) is 3. The number of rotatable bonds is 0. The van der Waals surface area contributed by atoms with E-state index in [2.05, 4.69) is 5.32 Å². The molecule has 2 aliphatic rings. The molecule has 4 heteroatoms. The number of hydrogen-bond donors (Lipinski definition) is 1. The Balaban J connectivity index is 2.10. The van der Waals surface area contributed by atoms with E-state index >= 15 is 0 Å². The maximum atomic E-state index is 5.96. The predicted octanol–water partition coefficient (Wildman–Crippen LogP) is 1.64. The molecule has 0 aromatic heterocycles. The first kappa shape index (κ1) is 9.60. The second-order valence-corrected chi connectivity index (χ2v) is 4.29. The lowest BCUT2D eigenvalue weighted by molar-refractivity contribution is -0.166. The van der Waals surface area contributed by atoms with Crippen LogP contribution in [0.15, 0.2) is 18.2 Å². The highest BCUT2D eigenvalue weighted by Gasteiger charge is 2.42. The van der Waals surface area contributed by atoms with E-state index in [1.165, 1.54) is 0 Å². The summed E-state index contributed by atoms with van der Waals surface area (Å²) in [6.45, 7) is 2.85. The third-order valence-electron chi connectivity index (χ3n) is 2.90. The fraction of sp³-hybridized carbons (Fsp3) is 0.455. The van der Waals surface area contributed by atoms with E-state index in [0.29, 0.717) is 19.8 Å². The molecule has 2 aliphatic heterocycles. The molecule has 1 aromatic carbocycles. The van der Waals surface area contributed by atoms with Crippen LogP contribution in [0.5, 0.6) is 0 Å². The second kappa shape index (κ2) is 3.46. The average Bonchev–Trinajstić information content (AvgIpc) is 2.67. The molecule has 1 aromatic rings. The maximum absolute atomic E-state index is 5.96. The molecule has 3 rings (SSSR count). The van der Waals surface area contributed by atoms with Crippen LogP contribution in [0.25, 0.3) is 0 Å². The molecule has 0 atom stereocenters. The summed E-state index contributed by atoms with van der Waals surface area (Å²) in [5, 5.41) is 4.05. The van der Waals surface area contributed by atoms with E-state index in [-0.39, 0.29) is 0 Å². The summed E-state index contributed by atoms with van der Waals surface area (Å²) in [5.74, 6) is -0.571. The van der Waals surface area contributed by atoms with E-state index in [9.17, 15) is 0 Å². The van der Waals surface area contributed by atoms with Gasteiger partial charge >= 0.3 is 0 Å². The van der Waals surface area contributed by atoms with Gasteiger partial charge in [0, 0.05) is 17.1 Å². The zero-order valence-corrected chi connectivity index (χ0v) is 9.01.